The summed E-state index contributed by atoms with van der Waals surface area (Å²) in [6.45, 7) is 1.88. The number of aliphatic imine (C=N–C) groups is 1. The van der Waals surface area contributed by atoms with Crippen LogP contribution in [0.5, 0.6) is 0 Å². The molecule has 0 bridgehead atoms. The molecule has 16 heavy (non-hydrogen) atoms. The van der Waals surface area contributed by atoms with Crippen molar-refractivity contribution in [1.82, 2.24) is 5.32 Å². The van der Waals surface area contributed by atoms with Gasteiger partial charge < -0.3 is 15.5 Å². The van der Waals surface area contributed by atoms with Crippen LogP contribution < -0.4 is 5.32 Å². The summed E-state index contributed by atoms with van der Waals surface area (Å²) in [5.74, 6) is 0.496. The average Bonchev–Trinajstić information content (AvgIpc) is 2.54. The maximum absolute atomic E-state index is 11.8. The highest BCUT2D eigenvalue weighted by molar-refractivity contribution is 6.08. The summed E-state index contributed by atoms with van der Waals surface area (Å²) < 4.78 is 0. The second-order valence-electron chi connectivity index (χ2n) is 4.09. The third-order valence-corrected chi connectivity index (χ3v) is 2.85. The molecule has 0 saturated carbocycles. The van der Waals surface area contributed by atoms with Gasteiger partial charge in [-0.25, -0.2) is 0 Å². The van der Waals surface area contributed by atoms with Gasteiger partial charge in [-0.2, -0.15) is 0 Å². The van der Waals surface area contributed by atoms with E-state index in [1.54, 1.807) is 0 Å². The molecule has 1 heterocycles. The summed E-state index contributed by atoms with van der Waals surface area (Å²) in [6.07, 6.45) is 3.32. The van der Waals surface area contributed by atoms with Gasteiger partial charge in [0.25, 0.3) is 5.91 Å². The van der Waals surface area contributed by atoms with Crippen LogP contribution in [0, 0.1) is 0 Å². The van der Waals surface area contributed by atoms with Gasteiger partial charge in [-0.1, -0.05) is 13.3 Å². The molecule has 0 unspecified atom stereocenters. The zero-order valence-corrected chi connectivity index (χ0v) is 9.70. The van der Waals surface area contributed by atoms with Gasteiger partial charge in [0, 0.05) is 32.5 Å². The number of aliphatic hydroxyl groups is 2. The van der Waals surface area contributed by atoms with Crippen LogP contribution in [0.2, 0.25) is 0 Å². The number of nitrogens with one attached hydrogen (secondary N) is 1. The van der Waals surface area contributed by atoms with Crippen LogP contribution in [-0.2, 0) is 4.79 Å². The molecule has 0 aromatic rings. The van der Waals surface area contributed by atoms with E-state index in [1.807, 2.05) is 0 Å². The Morgan fingerprint density at radius 2 is 1.94 bits per heavy atom. The van der Waals surface area contributed by atoms with Gasteiger partial charge in [0.05, 0.1) is 0 Å². The van der Waals surface area contributed by atoms with Gasteiger partial charge in [0.15, 0.2) is 0 Å². The van der Waals surface area contributed by atoms with Gasteiger partial charge in [0.1, 0.15) is 11.4 Å². The molecule has 1 amide bonds. The third kappa shape index (κ3) is 2.80. The molecule has 5 heteroatoms. The molecule has 0 radical (unpaired) electrons. The fourth-order valence-corrected chi connectivity index (χ4v) is 1.88. The van der Waals surface area contributed by atoms with Crippen LogP contribution in [0.1, 0.15) is 39.0 Å². The van der Waals surface area contributed by atoms with E-state index in [0.717, 1.165) is 19.3 Å². The van der Waals surface area contributed by atoms with Gasteiger partial charge >= 0.3 is 0 Å². The Balaban J connectivity index is 2.74. The Labute approximate surface area is 95.6 Å². The standard InChI is InChI=1S/C11H20N2O3/c1-2-3-4-9-12-10(16)11(13-9,5-7-14)6-8-15/h14-15H,2-8H2,1H3,(H,12,13,16). The predicted molar refractivity (Wildman–Crippen MR) is 61.2 cm³/mol. The molecular formula is C11H20N2O3. The average molecular weight is 228 g/mol. The van der Waals surface area contributed by atoms with Crippen LogP contribution in [0.15, 0.2) is 4.99 Å². The molecule has 0 fully saturated rings. The van der Waals surface area contributed by atoms with Crippen LogP contribution >= 0.6 is 0 Å². The first-order chi connectivity index (χ1) is 7.68. The van der Waals surface area contributed by atoms with Crippen molar-refractivity contribution in [2.24, 2.45) is 4.99 Å². The van der Waals surface area contributed by atoms with Crippen LogP contribution in [0.3, 0.4) is 0 Å². The quantitative estimate of drug-likeness (QED) is 0.582. The van der Waals surface area contributed by atoms with Gasteiger partial charge in [-0.05, 0) is 6.42 Å². The maximum atomic E-state index is 11.8. The predicted octanol–water partition coefficient (Wildman–Crippen LogP) is 0.209. The number of unbranched alkanes of at least 4 members (excludes halogenated alkanes) is 1. The second kappa shape index (κ2) is 5.96. The minimum absolute atomic E-state index is 0.0992. The summed E-state index contributed by atoms with van der Waals surface area (Å²) in [6, 6.07) is 0. The minimum Gasteiger partial charge on any atom is -0.396 e. The van der Waals surface area contributed by atoms with Crippen molar-refractivity contribution in [1.29, 1.82) is 0 Å². The lowest BCUT2D eigenvalue weighted by Crippen LogP contribution is -2.41. The minimum atomic E-state index is -0.938. The number of amidine groups is 1. The highest BCUT2D eigenvalue weighted by atomic mass is 16.3. The largest absolute Gasteiger partial charge is 0.396 e. The Morgan fingerprint density at radius 3 is 2.44 bits per heavy atom. The van der Waals surface area contributed by atoms with Gasteiger partial charge in [-0.3, -0.25) is 9.79 Å². The van der Waals surface area contributed by atoms with E-state index in [-0.39, 0.29) is 32.0 Å². The van der Waals surface area contributed by atoms with E-state index in [1.165, 1.54) is 0 Å². The smallest absolute Gasteiger partial charge is 0.253 e. The lowest BCUT2D eigenvalue weighted by Gasteiger charge is -2.20. The van der Waals surface area contributed by atoms with Crippen molar-refractivity contribution in [3.05, 3.63) is 0 Å². The first-order valence-electron chi connectivity index (χ1n) is 5.80. The van der Waals surface area contributed by atoms with E-state index in [2.05, 4.69) is 17.2 Å². The molecule has 0 aromatic carbocycles. The first-order valence-corrected chi connectivity index (χ1v) is 5.80. The van der Waals surface area contributed by atoms with Crippen LogP contribution in [0.4, 0.5) is 0 Å². The summed E-state index contributed by atoms with van der Waals surface area (Å²) in [7, 11) is 0. The number of rotatable bonds is 7. The highest BCUT2D eigenvalue weighted by Gasteiger charge is 2.42. The molecule has 0 aliphatic carbocycles. The van der Waals surface area contributed by atoms with E-state index < -0.39 is 5.54 Å². The SMILES string of the molecule is CCCCC1=NC(CCO)(CCO)C(=O)N1. The van der Waals surface area contributed by atoms with Crippen molar-refractivity contribution in [2.45, 2.75) is 44.6 Å². The Kier molecular flexibility index (Phi) is 4.89. The van der Waals surface area contributed by atoms with Gasteiger partial charge in [0.2, 0.25) is 0 Å². The van der Waals surface area contributed by atoms with E-state index in [9.17, 15) is 4.79 Å². The maximum Gasteiger partial charge on any atom is 0.253 e. The number of amides is 1. The molecule has 3 N–H and O–H groups in total. The van der Waals surface area contributed by atoms with Crippen molar-refractivity contribution in [3.63, 3.8) is 0 Å². The second-order valence-corrected chi connectivity index (χ2v) is 4.09. The topological polar surface area (TPSA) is 81.9 Å². The zero-order chi connectivity index (χ0) is 12.0. The monoisotopic (exact) mass is 228 g/mol. The molecule has 1 aliphatic heterocycles. The highest BCUT2D eigenvalue weighted by Crippen LogP contribution is 2.25. The number of carbonyl (C=O) groups excluding carboxylic acids is 1. The molecule has 5 nitrogen and oxygen atoms in total. The Bertz CT molecular complexity index is 270. The molecule has 0 aromatic heterocycles. The number of hydrogen-bond donors (Lipinski definition) is 3. The van der Waals surface area contributed by atoms with Crippen molar-refractivity contribution in [2.75, 3.05) is 13.2 Å². The summed E-state index contributed by atoms with van der Waals surface area (Å²) in [5, 5.41) is 20.7. The number of nitrogens with zero attached hydrogens (tertiary/aromatic N) is 1. The number of aliphatic hydroxyl groups excluding tert-OH is 2. The molecular weight excluding hydrogens is 208 g/mol. The first kappa shape index (κ1) is 13.1. The molecule has 92 valence electrons. The Morgan fingerprint density at radius 1 is 1.31 bits per heavy atom. The molecule has 1 rings (SSSR count). The van der Waals surface area contributed by atoms with Crippen LogP contribution in [-0.4, -0.2) is 40.7 Å². The van der Waals surface area contributed by atoms with Crippen molar-refractivity contribution < 1.29 is 15.0 Å². The Hall–Kier alpha value is -0.940. The molecule has 0 atom stereocenters. The molecule has 1 aliphatic rings. The third-order valence-electron chi connectivity index (χ3n) is 2.85. The van der Waals surface area contributed by atoms with E-state index in [4.69, 9.17) is 10.2 Å². The zero-order valence-electron chi connectivity index (χ0n) is 9.70. The summed E-state index contributed by atoms with van der Waals surface area (Å²) in [5.41, 5.74) is -0.938. The van der Waals surface area contributed by atoms with Crippen LogP contribution in [0.25, 0.3) is 0 Å². The lowest BCUT2D eigenvalue weighted by atomic mass is 9.92. The van der Waals surface area contributed by atoms with Gasteiger partial charge in [-0.15, -0.1) is 0 Å². The number of carbonyl (C=O) groups is 1. The fourth-order valence-electron chi connectivity index (χ4n) is 1.88. The number of hydrogen-bond acceptors (Lipinski definition) is 4. The summed E-state index contributed by atoms with van der Waals surface area (Å²) >= 11 is 0. The normalized spacial score (nSPS) is 18.4. The van der Waals surface area contributed by atoms with Crippen molar-refractivity contribution >= 4 is 11.7 Å². The van der Waals surface area contributed by atoms with E-state index in [0.29, 0.717) is 5.84 Å². The molecule has 0 spiro atoms. The lowest BCUT2D eigenvalue weighted by molar-refractivity contribution is -0.124. The summed E-state index contributed by atoms with van der Waals surface area (Å²) in [4.78, 5) is 16.2. The fraction of sp³-hybridized carbons (Fsp3) is 0.818. The van der Waals surface area contributed by atoms with Crippen molar-refractivity contribution in [3.8, 4) is 0 Å². The molecule has 0 saturated heterocycles. The van der Waals surface area contributed by atoms with E-state index >= 15 is 0 Å².